The van der Waals surface area contributed by atoms with Crippen LogP contribution in [0, 0.1) is 0 Å². The number of nitrogens with one attached hydrogen (secondary N) is 1. The smallest absolute Gasteiger partial charge is 0.214 e. The number of methoxy groups -OCH3 is 1. The zero-order chi connectivity index (χ0) is 11.3. The van der Waals surface area contributed by atoms with Gasteiger partial charge in [0.1, 0.15) is 5.82 Å². The lowest BCUT2D eigenvalue weighted by Gasteiger charge is -2.28. The summed E-state index contributed by atoms with van der Waals surface area (Å²) in [6.07, 6.45) is 0.947. The summed E-state index contributed by atoms with van der Waals surface area (Å²) in [5, 5.41) is 3.31. The average Bonchev–Trinajstić information content (AvgIpc) is 2.29. The van der Waals surface area contributed by atoms with Crippen LogP contribution in [0.25, 0.3) is 0 Å². The van der Waals surface area contributed by atoms with Crippen molar-refractivity contribution < 1.29 is 4.74 Å². The molecule has 1 aromatic heterocycles. The Morgan fingerprint density at radius 1 is 1.53 bits per heavy atom. The minimum absolute atomic E-state index is 0.112. The predicted molar refractivity (Wildman–Crippen MR) is 62.2 cm³/mol. The van der Waals surface area contributed by atoms with Crippen LogP contribution in [0.3, 0.4) is 0 Å². The van der Waals surface area contributed by atoms with Gasteiger partial charge in [-0.3, -0.25) is 0 Å². The summed E-state index contributed by atoms with van der Waals surface area (Å²) in [6.45, 7) is 4.75. The number of aromatic nitrogens is 1. The van der Waals surface area contributed by atoms with Gasteiger partial charge < -0.3 is 15.8 Å². The molecule has 0 amide bonds. The van der Waals surface area contributed by atoms with Crippen LogP contribution >= 0.6 is 0 Å². The minimum atomic E-state index is -0.112. The van der Waals surface area contributed by atoms with E-state index in [1.165, 1.54) is 0 Å². The summed E-state index contributed by atoms with van der Waals surface area (Å²) in [4.78, 5) is 4.28. The second kappa shape index (κ2) is 4.98. The SMILES string of the molecule is CCC(C)(CN)Nc1cccc(OC)n1. The molecule has 0 aliphatic carbocycles. The molecule has 0 fully saturated rings. The van der Waals surface area contributed by atoms with Crippen molar-refractivity contribution in [3.8, 4) is 5.88 Å². The first kappa shape index (κ1) is 11.8. The van der Waals surface area contributed by atoms with Crippen LogP contribution in [-0.2, 0) is 0 Å². The van der Waals surface area contributed by atoms with Gasteiger partial charge >= 0.3 is 0 Å². The molecule has 15 heavy (non-hydrogen) atoms. The monoisotopic (exact) mass is 209 g/mol. The van der Waals surface area contributed by atoms with Crippen LogP contribution in [-0.4, -0.2) is 24.2 Å². The van der Waals surface area contributed by atoms with E-state index < -0.39 is 0 Å². The summed E-state index contributed by atoms with van der Waals surface area (Å²) in [6, 6.07) is 5.63. The largest absolute Gasteiger partial charge is 0.481 e. The second-order valence-corrected chi connectivity index (χ2v) is 3.81. The highest BCUT2D eigenvalue weighted by molar-refractivity contribution is 5.39. The number of pyridine rings is 1. The molecule has 0 aliphatic rings. The quantitative estimate of drug-likeness (QED) is 0.773. The van der Waals surface area contributed by atoms with E-state index >= 15 is 0 Å². The lowest BCUT2D eigenvalue weighted by atomic mass is 9.99. The zero-order valence-corrected chi connectivity index (χ0v) is 9.58. The predicted octanol–water partition coefficient (Wildman–Crippen LogP) is 1.63. The van der Waals surface area contributed by atoms with Crippen molar-refractivity contribution in [3.05, 3.63) is 18.2 Å². The molecule has 0 saturated heterocycles. The molecule has 1 atom stereocenters. The Balaban J connectivity index is 2.79. The van der Waals surface area contributed by atoms with Crippen LogP contribution in [0.15, 0.2) is 18.2 Å². The molecule has 0 saturated carbocycles. The van der Waals surface area contributed by atoms with E-state index in [-0.39, 0.29) is 5.54 Å². The van der Waals surface area contributed by atoms with Gasteiger partial charge in [-0.2, -0.15) is 4.98 Å². The molecule has 0 bridgehead atoms. The van der Waals surface area contributed by atoms with Crippen molar-refractivity contribution in [2.75, 3.05) is 19.0 Å². The highest BCUT2D eigenvalue weighted by Gasteiger charge is 2.19. The van der Waals surface area contributed by atoms with Crippen LogP contribution in [0.4, 0.5) is 5.82 Å². The minimum Gasteiger partial charge on any atom is -0.481 e. The molecule has 1 rings (SSSR count). The van der Waals surface area contributed by atoms with E-state index in [1.807, 2.05) is 18.2 Å². The molecular weight excluding hydrogens is 190 g/mol. The Morgan fingerprint density at radius 3 is 2.80 bits per heavy atom. The van der Waals surface area contributed by atoms with E-state index in [4.69, 9.17) is 10.5 Å². The molecule has 0 radical (unpaired) electrons. The summed E-state index contributed by atoms with van der Waals surface area (Å²) in [5.74, 6) is 1.40. The molecule has 4 heteroatoms. The molecule has 1 heterocycles. The second-order valence-electron chi connectivity index (χ2n) is 3.81. The fraction of sp³-hybridized carbons (Fsp3) is 0.545. The van der Waals surface area contributed by atoms with Gasteiger partial charge in [-0.05, 0) is 19.4 Å². The van der Waals surface area contributed by atoms with Gasteiger partial charge in [0, 0.05) is 18.2 Å². The zero-order valence-electron chi connectivity index (χ0n) is 9.58. The van der Waals surface area contributed by atoms with Gasteiger partial charge in [-0.1, -0.05) is 13.0 Å². The normalized spacial score (nSPS) is 14.4. The number of ether oxygens (including phenoxy) is 1. The standard InChI is InChI=1S/C11H19N3O/c1-4-11(2,8-12)14-9-6-5-7-10(13-9)15-3/h5-7H,4,8,12H2,1-3H3,(H,13,14). The van der Waals surface area contributed by atoms with Gasteiger partial charge in [0.25, 0.3) is 0 Å². The number of anilines is 1. The third-order valence-electron chi connectivity index (χ3n) is 2.59. The lowest BCUT2D eigenvalue weighted by Crippen LogP contribution is -2.42. The van der Waals surface area contributed by atoms with E-state index in [0.29, 0.717) is 12.4 Å². The molecule has 0 aliphatic heterocycles. The number of hydrogen-bond donors (Lipinski definition) is 2. The van der Waals surface area contributed by atoms with E-state index in [2.05, 4.69) is 24.1 Å². The van der Waals surface area contributed by atoms with Crippen molar-refractivity contribution in [1.82, 2.24) is 4.98 Å². The van der Waals surface area contributed by atoms with Crippen LogP contribution < -0.4 is 15.8 Å². The third-order valence-corrected chi connectivity index (χ3v) is 2.59. The van der Waals surface area contributed by atoms with Gasteiger partial charge in [0.2, 0.25) is 5.88 Å². The molecule has 0 spiro atoms. The molecule has 0 aromatic carbocycles. The maximum atomic E-state index is 5.71. The molecule has 3 N–H and O–H groups in total. The Kier molecular flexibility index (Phi) is 3.91. The summed E-state index contributed by atoms with van der Waals surface area (Å²) < 4.78 is 5.05. The van der Waals surface area contributed by atoms with Gasteiger partial charge in [-0.15, -0.1) is 0 Å². The Bertz CT molecular complexity index is 310. The van der Waals surface area contributed by atoms with Crippen LogP contribution in [0.5, 0.6) is 5.88 Å². The topological polar surface area (TPSA) is 60.2 Å². The van der Waals surface area contributed by atoms with Crippen LogP contribution in [0.2, 0.25) is 0 Å². The fourth-order valence-corrected chi connectivity index (χ4v) is 1.19. The highest BCUT2D eigenvalue weighted by Crippen LogP contribution is 2.17. The van der Waals surface area contributed by atoms with E-state index in [9.17, 15) is 0 Å². The Morgan fingerprint density at radius 2 is 2.27 bits per heavy atom. The maximum absolute atomic E-state index is 5.71. The number of hydrogen-bond acceptors (Lipinski definition) is 4. The van der Waals surface area contributed by atoms with Gasteiger partial charge in [-0.25, -0.2) is 0 Å². The number of nitrogens with zero attached hydrogens (tertiary/aromatic N) is 1. The van der Waals surface area contributed by atoms with Crippen LogP contribution in [0.1, 0.15) is 20.3 Å². The Labute approximate surface area is 90.8 Å². The first-order valence-corrected chi connectivity index (χ1v) is 5.13. The van der Waals surface area contributed by atoms with Crippen molar-refractivity contribution in [1.29, 1.82) is 0 Å². The fourth-order valence-electron chi connectivity index (χ4n) is 1.19. The van der Waals surface area contributed by atoms with E-state index in [0.717, 1.165) is 12.2 Å². The summed E-state index contributed by atoms with van der Waals surface area (Å²) in [5.41, 5.74) is 5.60. The van der Waals surface area contributed by atoms with Crippen molar-refractivity contribution >= 4 is 5.82 Å². The highest BCUT2D eigenvalue weighted by atomic mass is 16.5. The summed E-state index contributed by atoms with van der Waals surface area (Å²) in [7, 11) is 1.61. The lowest BCUT2D eigenvalue weighted by molar-refractivity contribution is 0.397. The van der Waals surface area contributed by atoms with Crippen molar-refractivity contribution in [3.63, 3.8) is 0 Å². The summed E-state index contributed by atoms with van der Waals surface area (Å²) >= 11 is 0. The first-order valence-electron chi connectivity index (χ1n) is 5.13. The van der Waals surface area contributed by atoms with Gasteiger partial charge in [0.05, 0.1) is 7.11 Å². The molecule has 1 aromatic rings. The van der Waals surface area contributed by atoms with E-state index in [1.54, 1.807) is 7.11 Å². The molecule has 84 valence electrons. The number of nitrogens with two attached hydrogens (primary N) is 1. The third kappa shape index (κ3) is 3.09. The first-order chi connectivity index (χ1) is 7.13. The van der Waals surface area contributed by atoms with Gasteiger partial charge in [0.15, 0.2) is 0 Å². The molecule has 4 nitrogen and oxygen atoms in total. The van der Waals surface area contributed by atoms with Crippen molar-refractivity contribution in [2.24, 2.45) is 5.73 Å². The Hall–Kier alpha value is -1.29. The average molecular weight is 209 g/mol. The van der Waals surface area contributed by atoms with Crippen molar-refractivity contribution in [2.45, 2.75) is 25.8 Å². The maximum Gasteiger partial charge on any atom is 0.214 e. The molecular formula is C11H19N3O. The number of rotatable bonds is 5. The molecule has 1 unspecified atom stereocenters.